The molecule has 1 heterocycles. The number of nitrogens with one attached hydrogen (secondary N) is 1. The Bertz CT molecular complexity index is 562. The number of hydrogen-bond acceptors (Lipinski definition) is 6. The number of benzene rings is 1. The number of methoxy groups -OCH3 is 1. The third-order valence-electron chi connectivity index (χ3n) is 2.57. The summed E-state index contributed by atoms with van der Waals surface area (Å²) in [6, 6.07) is 5.09. The summed E-state index contributed by atoms with van der Waals surface area (Å²) in [5.74, 6) is -0.207. The summed E-state index contributed by atoms with van der Waals surface area (Å²) in [6.07, 6.45) is 0. The molecule has 4 nitrogen and oxygen atoms in total. The van der Waals surface area contributed by atoms with Gasteiger partial charge < -0.3 is 10.1 Å². The van der Waals surface area contributed by atoms with Crippen molar-refractivity contribution in [3.8, 4) is 0 Å². The smallest absolute Gasteiger partial charge is 0.179 e. The molecule has 0 bridgehead atoms. The number of halogens is 1. The molecule has 1 N–H and O–H groups in total. The van der Waals surface area contributed by atoms with Gasteiger partial charge in [0.1, 0.15) is 10.8 Å². The highest BCUT2D eigenvalue weighted by atomic mass is 32.2. The van der Waals surface area contributed by atoms with Gasteiger partial charge in [-0.2, -0.15) is 0 Å². The van der Waals surface area contributed by atoms with E-state index in [2.05, 4.69) is 15.5 Å². The second kappa shape index (κ2) is 7.68. The zero-order chi connectivity index (χ0) is 14.4. The highest BCUT2D eigenvalue weighted by molar-refractivity contribution is 8.01. The van der Waals surface area contributed by atoms with Gasteiger partial charge in [-0.15, -0.1) is 10.2 Å². The monoisotopic (exact) mass is 313 g/mol. The summed E-state index contributed by atoms with van der Waals surface area (Å²) < 4.78 is 19.7. The van der Waals surface area contributed by atoms with Crippen LogP contribution in [0.1, 0.15) is 10.6 Å². The van der Waals surface area contributed by atoms with Gasteiger partial charge in [0.25, 0.3) is 0 Å². The molecular weight excluding hydrogens is 297 g/mol. The molecule has 2 rings (SSSR count). The van der Waals surface area contributed by atoms with Gasteiger partial charge in [0, 0.05) is 30.7 Å². The number of nitrogens with zero attached hydrogens (tertiary/aromatic N) is 2. The number of aryl methyl sites for hydroxylation is 1. The molecule has 0 aliphatic rings. The Hall–Kier alpha value is -1.02. The van der Waals surface area contributed by atoms with E-state index in [4.69, 9.17) is 4.74 Å². The molecule has 20 heavy (non-hydrogen) atoms. The maximum Gasteiger partial charge on any atom is 0.179 e. The van der Waals surface area contributed by atoms with E-state index in [-0.39, 0.29) is 5.82 Å². The fraction of sp³-hybridized carbons (Fsp3) is 0.385. The van der Waals surface area contributed by atoms with Crippen molar-refractivity contribution < 1.29 is 9.13 Å². The van der Waals surface area contributed by atoms with E-state index in [0.717, 1.165) is 14.2 Å². The molecule has 0 saturated heterocycles. The maximum absolute atomic E-state index is 14.0. The molecule has 0 atom stereocenters. The molecule has 1 aromatic heterocycles. The fourth-order valence-corrected chi connectivity index (χ4v) is 3.53. The van der Waals surface area contributed by atoms with Crippen molar-refractivity contribution in [2.75, 3.05) is 20.3 Å². The van der Waals surface area contributed by atoms with Crippen molar-refractivity contribution in [3.63, 3.8) is 0 Å². The standard InChI is InChI=1S/C13H16FN3OS2/c1-9-16-17-13(19-9)20-12-5-3-4-11(14)10(12)8-15-6-7-18-2/h3-5,15H,6-8H2,1-2H3. The Morgan fingerprint density at radius 1 is 1.40 bits per heavy atom. The largest absolute Gasteiger partial charge is 0.383 e. The van der Waals surface area contributed by atoms with Gasteiger partial charge in [0.05, 0.1) is 6.61 Å². The number of aromatic nitrogens is 2. The Balaban J connectivity index is 2.09. The molecule has 0 spiro atoms. The highest BCUT2D eigenvalue weighted by Crippen LogP contribution is 2.33. The predicted octanol–water partition coefficient (Wildman–Crippen LogP) is 2.87. The van der Waals surface area contributed by atoms with E-state index in [1.165, 1.54) is 29.2 Å². The third-order valence-corrected chi connectivity index (χ3v) is 4.56. The van der Waals surface area contributed by atoms with Crippen molar-refractivity contribution in [1.82, 2.24) is 15.5 Å². The van der Waals surface area contributed by atoms with Crippen molar-refractivity contribution in [1.29, 1.82) is 0 Å². The second-order valence-corrected chi connectivity index (χ2v) is 6.55. The minimum absolute atomic E-state index is 0.207. The van der Waals surface area contributed by atoms with Gasteiger partial charge in [-0.3, -0.25) is 0 Å². The number of ether oxygens (including phenoxy) is 1. The Morgan fingerprint density at radius 3 is 2.95 bits per heavy atom. The topological polar surface area (TPSA) is 47.0 Å². The first-order valence-electron chi connectivity index (χ1n) is 6.15. The van der Waals surface area contributed by atoms with E-state index in [9.17, 15) is 4.39 Å². The Kier molecular flexibility index (Phi) is 5.90. The molecule has 0 aliphatic carbocycles. The van der Waals surface area contributed by atoms with Gasteiger partial charge in [0.15, 0.2) is 4.34 Å². The van der Waals surface area contributed by atoms with Crippen LogP contribution in [0.3, 0.4) is 0 Å². The summed E-state index contributed by atoms with van der Waals surface area (Å²) in [6.45, 7) is 3.66. The van der Waals surface area contributed by atoms with Crippen molar-refractivity contribution in [2.45, 2.75) is 22.7 Å². The van der Waals surface area contributed by atoms with Crippen LogP contribution in [0.2, 0.25) is 0 Å². The minimum atomic E-state index is -0.207. The van der Waals surface area contributed by atoms with Crippen LogP contribution in [0.4, 0.5) is 4.39 Å². The second-order valence-electron chi connectivity index (χ2n) is 4.08. The van der Waals surface area contributed by atoms with E-state index in [1.807, 2.05) is 13.0 Å². The zero-order valence-electron chi connectivity index (χ0n) is 11.4. The van der Waals surface area contributed by atoms with Gasteiger partial charge in [-0.05, 0) is 19.1 Å². The molecule has 1 aromatic carbocycles. The molecule has 0 saturated carbocycles. The summed E-state index contributed by atoms with van der Waals surface area (Å²) in [5, 5.41) is 12.1. The molecule has 0 amide bonds. The van der Waals surface area contributed by atoms with E-state index in [0.29, 0.717) is 25.3 Å². The first kappa shape index (κ1) is 15.4. The molecule has 0 unspecified atom stereocenters. The Labute approximate surface area is 125 Å². The lowest BCUT2D eigenvalue weighted by Gasteiger charge is -2.10. The summed E-state index contributed by atoms with van der Waals surface area (Å²) in [4.78, 5) is 0.867. The van der Waals surface area contributed by atoms with Crippen molar-refractivity contribution in [3.05, 3.63) is 34.6 Å². The van der Waals surface area contributed by atoms with Crippen LogP contribution in [-0.2, 0) is 11.3 Å². The first-order valence-corrected chi connectivity index (χ1v) is 7.79. The van der Waals surface area contributed by atoms with Gasteiger partial charge in [-0.1, -0.05) is 29.2 Å². The number of rotatable bonds is 7. The average molecular weight is 313 g/mol. The van der Waals surface area contributed by atoms with Crippen molar-refractivity contribution in [2.24, 2.45) is 0 Å². The van der Waals surface area contributed by atoms with Gasteiger partial charge in [0.2, 0.25) is 0 Å². The normalized spacial score (nSPS) is 10.9. The Morgan fingerprint density at radius 2 is 2.25 bits per heavy atom. The molecule has 2 aromatic rings. The molecular formula is C13H16FN3OS2. The molecule has 0 fully saturated rings. The fourth-order valence-electron chi connectivity index (χ4n) is 1.61. The lowest BCUT2D eigenvalue weighted by Crippen LogP contribution is -2.19. The van der Waals surface area contributed by atoms with Crippen LogP contribution in [0.5, 0.6) is 0 Å². The van der Waals surface area contributed by atoms with Crippen LogP contribution in [0.25, 0.3) is 0 Å². The summed E-state index contributed by atoms with van der Waals surface area (Å²) in [5.41, 5.74) is 0.654. The van der Waals surface area contributed by atoms with Crippen LogP contribution in [0, 0.1) is 12.7 Å². The van der Waals surface area contributed by atoms with Crippen LogP contribution >= 0.6 is 23.1 Å². The quantitative estimate of drug-likeness (QED) is 0.797. The lowest BCUT2D eigenvalue weighted by molar-refractivity contribution is 0.199. The van der Waals surface area contributed by atoms with Crippen LogP contribution in [-0.4, -0.2) is 30.5 Å². The average Bonchev–Trinajstić information content (AvgIpc) is 2.83. The zero-order valence-corrected chi connectivity index (χ0v) is 13.0. The SMILES string of the molecule is COCCNCc1c(F)cccc1Sc1nnc(C)s1. The molecule has 7 heteroatoms. The predicted molar refractivity (Wildman–Crippen MR) is 78.8 cm³/mol. The summed E-state index contributed by atoms with van der Waals surface area (Å²) in [7, 11) is 1.64. The van der Waals surface area contributed by atoms with Crippen LogP contribution < -0.4 is 5.32 Å². The maximum atomic E-state index is 14.0. The van der Waals surface area contributed by atoms with Crippen LogP contribution in [0.15, 0.2) is 27.4 Å². The molecule has 108 valence electrons. The summed E-state index contributed by atoms with van der Waals surface area (Å²) >= 11 is 2.95. The van der Waals surface area contributed by atoms with Crippen molar-refractivity contribution >= 4 is 23.1 Å². The molecule has 0 aliphatic heterocycles. The minimum Gasteiger partial charge on any atom is -0.383 e. The van der Waals surface area contributed by atoms with Gasteiger partial charge >= 0.3 is 0 Å². The highest BCUT2D eigenvalue weighted by Gasteiger charge is 2.11. The third kappa shape index (κ3) is 4.24. The molecule has 0 radical (unpaired) electrons. The lowest BCUT2D eigenvalue weighted by atomic mass is 10.2. The number of hydrogen-bond donors (Lipinski definition) is 1. The van der Waals surface area contributed by atoms with E-state index in [1.54, 1.807) is 13.2 Å². The van der Waals surface area contributed by atoms with Gasteiger partial charge in [-0.25, -0.2) is 4.39 Å². The van der Waals surface area contributed by atoms with E-state index < -0.39 is 0 Å². The van der Waals surface area contributed by atoms with E-state index >= 15 is 0 Å². The first-order chi connectivity index (χ1) is 9.70.